The van der Waals surface area contributed by atoms with Crippen molar-refractivity contribution >= 4 is 5.97 Å². The molecule has 0 saturated carbocycles. The number of nitrogens with one attached hydrogen (secondary N) is 1. The minimum atomic E-state index is -0.101. The van der Waals surface area contributed by atoms with Crippen molar-refractivity contribution in [1.29, 1.82) is 0 Å². The number of rotatable bonds is 12. The van der Waals surface area contributed by atoms with Gasteiger partial charge < -0.3 is 14.4 Å². The van der Waals surface area contributed by atoms with Crippen molar-refractivity contribution in [2.24, 2.45) is 5.92 Å². The van der Waals surface area contributed by atoms with Gasteiger partial charge in [-0.1, -0.05) is 39.5 Å². The molecule has 1 aliphatic rings. The lowest BCUT2D eigenvalue weighted by atomic mass is 10.0. The van der Waals surface area contributed by atoms with Gasteiger partial charge in [-0.05, 0) is 25.2 Å². The van der Waals surface area contributed by atoms with E-state index in [-0.39, 0.29) is 18.0 Å². The summed E-state index contributed by atoms with van der Waals surface area (Å²) < 4.78 is 10.8. The molecule has 2 unspecified atom stereocenters. The molecule has 0 aromatic heterocycles. The van der Waals surface area contributed by atoms with Crippen molar-refractivity contribution in [2.75, 3.05) is 32.8 Å². The zero-order valence-corrected chi connectivity index (χ0v) is 15.9. The highest BCUT2D eigenvalue weighted by atomic mass is 16.6. The first kappa shape index (κ1) is 21.0. The average molecular weight is 339 g/mol. The molecule has 4 nitrogen and oxygen atoms in total. The molecule has 1 N–H and O–H groups in total. The summed E-state index contributed by atoms with van der Waals surface area (Å²) in [6.45, 7) is 11.1. The highest BCUT2D eigenvalue weighted by molar-refractivity contribution is 5.75. The van der Waals surface area contributed by atoms with Gasteiger partial charge in [-0.25, -0.2) is 0 Å². The molecule has 138 valence electrons. The fourth-order valence-electron chi connectivity index (χ4n) is 2.89. The predicted molar refractivity (Wildman–Crippen MR) is 96.9 cm³/mol. The van der Waals surface area contributed by atoms with Crippen LogP contribution in [0.5, 0.6) is 0 Å². The number of cyclic esters (lactones) is 1. The van der Waals surface area contributed by atoms with E-state index in [1.54, 1.807) is 4.90 Å². The van der Waals surface area contributed by atoms with Gasteiger partial charge in [0.2, 0.25) is 0 Å². The first-order valence-electron chi connectivity index (χ1n) is 9.78. The van der Waals surface area contributed by atoms with Crippen LogP contribution >= 0.6 is 0 Å². The SMILES string of the molecule is CCCC[NH+](CC#CCC1CC(COCCC)OC1=O)CCCC. The molecular formula is C20H36NO3+. The molecule has 2 atom stereocenters. The Morgan fingerprint density at radius 1 is 1.12 bits per heavy atom. The lowest BCUT2D eigenvalue weighted by Crippen LogP contribution is -3.12. The van der Waals surface area contributed by atoms with Gasteiger partial charge in [0.15, 0.2) is 0 Å². The quantitative estimate of drug-likeness (QED) is 0.337. The first-order valence-corrected chi connectivity index (χ1v) is 9.78. The Morgan fingerprint density at radius 3 is 2.46 bits per heavy atom. The van der Waals surface area contributed by atoms with Crippen LogP contribution in [0.1, 0.15) is 65.7 Å². The molecule has 1 aliphatic heterocycles. The van der Waals surface area contributed by atoms with E-state index in [0.29, 0.717) is 13.0 Å². The molecule has 1 rings (SSSR count). The molecule has 24 heavy (non-hydrogen) atoms. The third kappa shape index (κ3) is 8.70. The van der Waals surface area contributed by atoms with Gasteiger partial charge >= 0.3 is 5.97 Å². The fraction of sp³-hybridized carbons (Fsp3) is 0.850. The van der Waals surface area contributed by atoms with Gasteiger partial charge in [-0.3, -0.25) is 4.79 Å². The predicted octanol–water partition coefficient (Wildman–Crippen LogP) is 2.22. The van der Waals surface area contributed by atoms with E-state index in [4.69, 9.17) is 9.47 Å². The molecule has 0 aromatic carbocycles. The molecular weight excluding hydrogens is 302 g/mol. The topological polar surface area (TPSA) is 40.0 Å². The van der Waals surface area contributed by atoms with Gasteiger partial charge in [-0.15, -0.1) is 0 Å². The van der Waals surface area contributed by atoms with Crippen LogP contribution in [0.3, 0.4) is 0 Å². The van der Waals surface area contributed by atoms with Gasteiger partial charge in [0.25, 0.3) is 0 Å². The van der Waals surface area contributed by atoms with E-state index in [1.165, 1.54) is 38.8 Å². The van der Waals surface area contributed by atoms with E-state index in [2.05, 4.69) is 32.6 Å². The molecule has 0 spiro atoms. The maximum absolute atomic E-state index is 11.9. The highest BCUT2D eigenvalue weighted by Crippen LogP contribution is 2.23. The van der Waals surface area contributed by atoms with Crippen LogP contribution in [-0.2, 0) is 14.3 Å². The summed E-state index contributed by atoms with van der Waals surface area (Å²) in [6, 6.07) is 0. The summed E-state index contributed by atoms with van der Waals surface area (Å²) in [5.41, 5.74) is 0. The Labute approximate surface area is 148 Å². The van der Waals surface area contributed by atoms with Gasteiger partial charge in [0.1, 0.15) is 12.6 Å². The van der Waals surface area contributed by atoms with Crippen molar-refractivity contribution in [3.63, 3.8) is 0 Å². The van der Waals surface area contributed by atoms with Crippen molar-refractivity contribution in [3.05, 3.63) is 0 Å². The Kier molecular flexibility index (Phi) is 11.6. The standard InChI is InChI=1S/C20H35NO3/c1-4-7-12-21(13-8-5-2)14-10-9-11-18-16-19(24-20(18)22)17-23-15-6-3/h18-19H,4-8,11-17H2,1-3H3/p+1. The van der Waals surface area contributed by atoms with Gasteiger partial charge in [0, 0.05) is 19.4 Å². The van der Waals surface area contributed by atoms with Crippen LogP contribution in [-0.4, -0.2) is 44.9 Å². The average Bonchev–Trinajstić information content (AvgIpc) is 2.93. The largest absolute Gasteiger partial charge is 0.460 e. The molecule has 1 saturated heterocycles. The molecule has 1 fully saturated rings. The minimum absolute atomic E-state index is 0.0672. The lowest BCUT2D eigenvalue weighted by Gasteiger charge is -2.16. The second-order valence-electron chi connectivity index (χ2n) is 6.76. The summed E-state index contributed by atoms with van der Waals surface area (Å²) in [4.78, 5) is 13.5. The maximum Gasteiger partial charge on any atom is 0.310 e. The summed E-state index contributed by atoms with van der Waals surface area (Å²) in [5, 5.41) is 0. The lowest BCUT2D eigenvalue weighted by molar-refractivity contribution is -0.893. The maximum atomic E-state index is 11.9. The normalized spacial score (nSPS) is 20.1. The number of hydrogen-bond acceptors (Lipinski definition) is 3. The van der Waals surface area contributed by atoms with Crippen LogP contribution in [0.2, 0.25) is 0 Å². The Bertz CT molecular complexity index is 391. The number of esters is 1. The molecule has 0 amide bonds. The number of carbonyl (C=O) groups excluding carboxylic acids is 1. The minimum Gasteiger partial charge on any atom is -0.460 e. The molecule has 0 bridgehead atoms. The third-order valence-corrected chi connectivity index (χ3v) is 4.40. The Morgan fingerprint density at radius 2 is 1.83 bits per heavy atom. The van der Waals surface area contributed by atoms with Crippen molar-refractivity contribution < 1.29 is 19.2 Å². The molecule has 4 heteroatoms. The van der Waals surface area contributed by atoms with Crippen LogP contribution in [0.4, 0.5) is 0 Å². The first-order chi connectivity index (χ1) is 11.7. The Balaban J connectivity index is 2.31. The Hall–Kier alpha value is -1.05. The van der Waals surface area contributed by atoms with Crippen molar-refractivity contribution in [2.45, 2.75) is 71.8 Å². The zero-order chi connectivity index (χ0) is 17.6. The van der Waals surface area contributed by atoms with E-state index < -0.39 is 0 Å². The fourth-order valence-corrected chi connectivity index (χ4v) is 2.89. The zero-order valence-electron chi connectivity index (χ0n) is 15.9. The third-order valence-electron chi connectivity index (χ3n) is 4.40. The summed E-state index contributed by atoms with van der Waals surface area (Å²) in [5.74, 6) is 6.34. The van der Waals surface area contributed by atoms with E-state index in [9.17, 15) is 4.79 Å². The van der Waals surface area contributed by atoms with Crippen LogP contribution < -0.4 is 4.90 Å². The number of quaternary nitrogens is 1. The van der Waals surface area contributed by atoms with Gasteiger partial charge in [0.05, 0.1) is 25.6 Å². The van der Waals surface area contributed by atoms with E-state index in [0.717, 1.165) is 26.0 Å². The molecule has 0 radical (unpaired) electrons. The molecule has 1 heterocycles. The van der Waals surface area contributed by atoms with Gasteiger partial charge in [-0.2, -0.15) is 0 Å². The monoisotopic (exact) mass is 338 g/mol. The number of ether oxygens (including phenoxy) is 2. The summed E-state index contributed by atoms with van der Waals surface area (Å²) in [6.07, 6.45) is 7.27. The second kappa shape index (κ2) is 13.3. The summed E-state index contributed by atoms with van der Waals surface area (Å²) in [7, 11) is 0. The summed E-state index contributed by atoms with van der Waals surface area (Å²) >= 11 is 0. The molecule has 0 aromatic rings. The van der Waals surface area contributed by atoms with E-state index >= 15 is 0 Å². The van der Waals surface area contributed by atoms with E-state index in [1.807, 2.05) is 0 Å². The van der Waals surface area contributed by atoms with Crippen LogP contribution in [0.25, 0.3) is 0 Å². The van der Waals surface area contributed by atoms with Crippen LogP contribution in [0.15, 0.2) is 0 Å². The van der Waals surface area contributed by atoms with Crippen molar-refractivity contribution in [1.82, 2.24) is 0 Å². The molecule has 0 aliphatic carbocycles. The van der Waals surface area contributed by atoms with Crippen molar-refractivity contribution in [3.8, 4) is 11.8 Å². The number of carbonyl (C=O) groups is 1. The second-order valence-corrected chi connectivity index (χ2v) is 6.76. The smallest absolute Gasteiger partial charge is 0.310 e. The van der Waals surface area contributed by atoms with Crippen LogP contribution in [0, 0.1) is 17.8 Å². The number of hydrogen-bond donors (Lipinski definition) is 1. The highest BCUT2D eigenvalue weighted by Gasteiger charge is 2.33. The number of unbranched alkanes of at least 4 members (excludes halogenated alkanes) is 2.